The molecule has 0 aromatic carbocycles. The van der Waals surface area contributed by atoms with E-state index in [1.54, 1.807) is 11.3 Å². The van der Waals surface area contributed by atoms with Crippen molar-refractivity contribution in [1.29, 1.82) is 0 Å². The first-order valence-corrected chi connectivity index (χ1v) is 8.18. The Hall–Kier alpha value is -0.980. The Bertz CT molecular complexity index is 483. The van der Waals surface area contributed by atoms with Crippen LogP contribution in [0.3, 0.4) is 0 Å². The summed E-state index contributed by atoms with van der Waals surface area (Å²) in [4.78, 5) is 18.0. The lowest BCUT2D eigenvalue weighted by atomic mass is 9.89. The van der Waals surface area contributed by atoms with Gasteiger partial charge in [-0.2, -0.15) is 0 Å². The van der Waals surface area contributed by atoms with Crippen molar-refractivity contribution in [3.05, 3.63) is 10.6 Å². The van der Waals surface area contributed by atoms with Crippen molar-refractivity contribution < 1.29 is 9.53 Å². The zero-order valence-corrected chi connectivity index (χ0v) is 12.6. The van der Waals surface area contributed by atoms with E-state index < -0.39 is 0 Å². The highest BCUT2D eigenvalue weighted by molar-refractivity contribution is 7.15. The predicted octanol–water partition coefficient (Wildman–Crippen LogP) is 1.58. The Balaban J connectivity index is 1.63. The molecule has 1 saturated heterocycles. The maximum Gasteiger partial charge on any atom is 0.245 e. The number of thiazole rings is 1. The molecule has 0 saturated carbocycles. The summed E-state index contributed by atoms with van der Waals surface area (Å²) in [7, 11) is 0. The fourth-order valence-electron chi connectivity index (χ4n) is 2.77. The lowest BCUT2D eigenvalue weighted by Crippen LogP contribution is -2.48. The topological polar surface area (TPSA) is 63.2 Å². The number of aromatic nitrogens is 1. The molecule has 3 rings (SSSR count). The summed E-state index contributed by atoms with van der Waals surface area (Å²) in [5, 5.41) is 6.82. The van der Waals surface area contributed by atoms with Gasteiger partial charge in [0.15, 0.2) is 5.13 Å². The summed E-state index contributed by atoms with van der Waals surface area (Å²) in [5.41, 5.74) is 1.18. The number of carbonyl (C=O) groups is 1. The second kappa shape index (κ2) is 6.20. The highest BCUT2D eigenvalue weighted by atomic mass is 32.1. The van der Waals surface area contributed by atoms with E-state index in [9.17, 15) is 4.79 Å². The number of hydrogen-bond acceptors (Lipinski definition) is 5. The summed E-state index contributed by atoms with van der Waals surface area (Å²) in [6, 6.07) is -0.256. The average molecular weight is 295 g/mol. The van der Waals surface area contributed by atoms with Crippen LogP contribution in [-0.2, 0) is 22.4 Å². The predicted molar refractivity (Wildman–Crippen MR) is 79.2 cm³/mol. The SMILES string of the molecule is CCC1CCc2nc(NC(=O)C3COCCN3)sc2C1. The Labute approximate surface area is 123 Å². The van der Waals surface area contributed by atoms with Gasteiger partial charge in [-0.1, -0.05) is 13.3 Å². The van der Waals surface area contributed by atoms with Crippen molar-refractivity contribution in [3.8, 4) is 0 Å². The van der Waals surface area contributed by atoms with Gasteiger partial charge in [-0.25, -0.2) is 4.98 Å². The van der Waals surface area contributed by atoms with E-state index in [4.69, 9.17) is 4.74 Å². The van der Waals surface area contributed by atoms with Crippen LogP contribution in [0.5, 0.6) is 0 Å². The number of amides is 1. The lowest BCUT2D eigenvalue weighted by Gasteiger charge is -2.22. The van der Waals surface area contributed by atoms with Crippen LogP contribution in [0.1, 0.15) is 30.3 Å². The van der Waals surface area contributed by atoms with Gasteiger partial charge in [0.2, 0.25) is 5.91 Å². The van der Waals surface area contributed by atoms with Gasteiger partial charge in [0.25, 0.3) is 0 Å². The van der Waals surface area contributed by atoms with E-state index >= 15 is 0 Å². The van der Waals surface area contributed by atoms with Crippen molar-refractivity contribution >= 4 is 22.4 Å². The molecule has 1 fully saturated rings. The van der Waals surface area contributed by atoms with E-state index in [-0.39, 0.29) is 11.9 Å². The van der Waals surface area contributed by atoms with E-state index in [2.05, 4.69) is 22.5 Å². The van der Waals surface area contributed by atoms with Crippen LogP contribution in [0, 0.1) is 5.92 Å². The first-order valence-electron chi connectivity index (χ1n) is 7.37. The minimum atomic E-state index is -0.256. The number of fused-ring (bicyclic) bond motifs is 1. The van der Waals surface area contributed by atoms with Gasteiger partial charge in [-0.3, -0.25) is 4.79 Å². The summed E-state index contributed by atoms with van der Waals surface area (Å²) in [6.45, 7) is 4.08. The van der Waals surface area contributed by atoms with Crippen molar-refractivity contribution in [2.45, 2.75) is 38.6 Å². The summed E-state index contributed by atoms with van der Waals surface area (Å²) in [6.07, 6.45) is 4.61. The molecule has 2 atom stereocenters. The van der Waals surface area contributed by atoms with Gasteiger partial charge in [0.05, 0.1) is 18.9 Å². The molecule has 2 unspecified atom stereocenters. The molecule has 1 aliphatic heterocycles. The molecular weight excluding hydrogens is 274 g/mol. The third-order valence-corrected chi connectivity index (χ3v) is 5.12. The first-order chi connectivity index (χ1) is 9.76. The van der Waals surface area contributed by atoms with E-state index in [0.717, 1.165) is 30.4 Å². The number of nitrogens with zero attached hydrogens (tertiary/aromatic N) is 1. The summed E-state index contributed by atoms with van der Waals surface area (Å²) >= 11 is 1.64. The van der Waals surface area contributed by atoms with Gasteiger partial charge in [-0.15, -0.1) is 11.3 Å². The highest BCUT2D eigenvalue weighted by Gasteiger charge is 2.25. The Morgan fingerprint density at radius 2 is 2.50 bits per heavy atom. The smallest absolute Gasteiger partial charge is 0.245 e. The van der Waals surface area contributed by atoms with Gasteiger partial charge >= 0.3 is 0 Å². The van der Waals surface area contributed by atoms with Crippen molar-refractivity contribution in [2.24, 2.45) is 5.92 Å². The molecule has 1 aromatic heterocycles. The minimum absolute atomic E-state index is 0.0390. The molecule has 20 heavy (non-hydrogen) atoms. The molecule has 0 radical (unpaired) electrons. The lowest BCUT2D eigenvalue weighted by molar-refractivity contribution is -0.120. The molecule has 1 amide bonds. The second-order valence-corrected chi connectivity index (χ2v) is 6.56. The monoisotopic (exact) mass is 295 g/mol. The number of ether oxygens (including phenoxy) is 1. The number of aryl methyl sites for hydroxylation is 1. The largest absolute Gasteiger partial charge is 0.378 e. The van der Waals surface area contributed by atoms with Crippen molar-refractivity contribution in [2.75, 3.05) is 25.1 Å². The van der Waals surface area contributed by atoms with Crippen LogP contribution >= 0.6 is 11.3 Å². The third-order valence-electron chi connectivity index (χ3n) is 4.09. The van der Waals surface area contributed by atoms with E-state index in [1.807, 2.05) is 0 Å². The molecule has 5 nitrogen and oxygen atoms in total. The maximum absolute atomic E-state index is 12.1. The van der Waals surface area contributed by atoms with Crippen LogP contribution in [-0.4, -0.2) is 36.7 Å². The molecule has 2 heterocycles. The van der Waals surface area contributed by atoms with Gasteiger partial charge in [0, 0.05) is 11.4 Å². The third kappa shape index (κ3) is 3.02. The average Bonchev–Trinajstić information content (AvgIpc) is 2.89. The number of anilines is 1. The first kappa shape index (κ1) is 14.0. The van der Waals surface area contributed by atoms with Crippen LogP contribution in [0.15, 0.2) is 0 Å². The zero-order chi connectivity index (χ0) is 13.9. The summed E-state index contributed by atoms with van der Waals surface area (Å²) < 4.78 is 5.31. The molecule has 1 aliphatic carbocycles. The van der Waals surface area contributed by atoms with Crippen LogP contribution in [0.25, 0.3) is 0 Å². The van der Waals surface area contributed by atoms with Crippen molar-refractivity contribution in [3.63, 3.8) is 0 Å². The Morgan fingerprint density at radius 1 is 1.60 bits per heavy atom. The fourth-order valence-corrected chi connectivity index (χ4v) is 3.90. The van der Waals surface area contributed by atoms with Crippen LogP contribution < -0.4 is 10.6 Å². The number of carbonyl (C=O) groups excluding carboxylic acids is 1. The van der Waals surface area contributed by atoms with Gasteiger partial charge in [-0.05, 0) is 25.2 Å². The van der Waals surface area contributed by atoms with Gasteiger partial charge in [0.1, 0.15) is 6.04 Å². The highest BCUT2D eigenvalue weighted by Crippen LogP contribution is 2.33. The Kier molecular flexibility index (Phi) is 4.33. The van der Waals surface area contributed by atoms with E-state index in [1.165, 1.54) is 23.4 Å². The Morgan fingerprint density at radius 3 is 3.25 bits per heavy atom. The normalized spacial score (nSPS) is 26.1. The van der Waals surface area contributed by atoms with Gasteiger partial charge < -0.3 is 15.4 Å². The van der Waals surface area contributed by atoms with E-state index in [0.29, 0.717) is 13.2 Å². The zero-order valence-electron chi connectivity index (χ0n) is 11.8. The van der Waals surface area contributed by atoms with Crippen LogP contribution in [0.2, 0.25) is 0 Å². The molecule has 0 bridgehead atoms. The standard InChI is InChI=1S/C14H21N3O2S/c1-2-9-3-4-10-12(7-9)20-14(16-10)17-13(18)11-8-19-6-5-15-11/h9,11,15H,2-8H2,1H3,(H,16,17,18). The molecule has 1 aromatic rings. The minimum Gasteiger partial charge on any atom is -0.378 e. The maximum atomic E-state index is 12.1. The number of hydrogen-bond donors (Lipinski definition) is 2. The second-order valence-electron chi connectivity index (χ2n) is 5.48. The fraction of sp³-hybridized carbons (Fsp3) is 0.714. The summed E-state index contributed by atoms with van der Waals surface area (Å²) in [5.74, 6) is 0.739. The quantitative estimate of drug-likeness (QED) is 0.889. The number of nitrogens with one attached hydrogen (secondary N) is 2. The van der Waals surface area contributed by atoms with Crippen molar-refractivity contribution in [1.82, 2.24) is 10.3 Å². The molecule has 6 heteroatoms. The van der Waals surface area contributed by atoms with Crippen LogP contribution in [0.4, 0.5) is 5.13 Å². The molecule has 0 spiro atoms. The molecule has 2 aliphatic rings. The number of rotatable bonds is 3. The molecular formula is C14H21N3O2S. The number of morpholine rings is 1. The molecule has 110 valence electrons. The molecule has 2 N–H and O–H groups in total.